The van der Waals surface area contributed by atoms with Crippen molar-refractivity contribution < 1.29 is 9.53 Å². The van der Waals surface area contributed by atoms with Gasteiger partial charge < -0.3 is 10.1 Å². The lowest BCUT2D eigenvalue weighted by molar-refractivity contribution is 0.101. The Morgan fingerprint density at radius 3 is 2.50 bits per heavy atom. The minimum atomic E-state index is -0.00162. The number of nitrogens with one attached hydrogen (secondary N) is 1. The molecule has 3 nitrogen and oxygen atoms in total. The molecule has 4 rings (SSSR count). The molecule has 1 aliphatic carbocycles. The molecule has 2 aliphatic rings. The molecule has 1 heterocycles. The van der Waals surface area contributed by atoms with Crippen molar-refractivity contribution in [1.82, 2.24) is 5.32 Å². The number of carbonyl (C=O) groups is 1. The summed E-state index contributed by atoms with van der Waals surface area (Å²) in [5, 5.41) is 3.93. The molecule has 136 valence electrons. The fourth-order valence-electron chi connectivity index (χ4n) is 4.41. The van der Waals surface area contributed by atoms with Crippen LogP contribution < -0.4 is 10.1 Å². The lowest BCUT2D eigenvalue weighted by Crippen LogP contribution is -2.29. The Morgan fingerprint density at radius 1 is 1.19 bits per heavy atom. The molecule has 0 aromatic heterocycles. The Hall–Kier alpha value is -1.84. The summed E-state index contributed by atoms with van der Waals surface area (Å²) in [5.74, 6) is 1.30. The van der Waals surface area contributed by atoms with E-state index in [9.17, 15) is 4.79 Å². The van der Waals surface area contributed by atoms with E-state index in [1.165, 1.54) is 24.8 Å². The number of ether oxygens (including phenoxy) is 1. The molecule has 4 heteroatoms. The summed E-state index contributed by atoms with van der Waals surface area (Å²) in [6.45, 7) is 3.83. The highest BCUT2D eigenvalue weighted by molar-refractivity contribution is 6.33. The molecule has 1 atom stereocenters. The topological polar surface area (TPSA) is 38.3 Å². The van der Waals surface area contributed by atoms with Crippen molar-refractivity contribution in [3.8, 4) is 16.9 Å². The summed E-state index contributed by atoms with van der Waals surface area (Å²) in [6.07, 6.45) is 3.87. The van der Waals surface area contributed by atoms with Gasteiger partial charge in [-0.05, 0) is 73.9 Å². The fraction of sp³-hybridized carbons (Fsp3) is 0.409. The van der Waals surface area contributed by atoms with E-state index in [1.54, 1.807) is 20.1 Å². The smallest absolute Gasteiger partial charge is 0.159 e. The van der Waals surface area contributed by atoms with Crippen LogP contribution in [-0.2, 0) is 0 Å². The van der Waals surface area contributed by atoms with Crippen molar-refractivity contribution in [1.29, 1.82) is 0 Å². The van der Waals surface area contributed by atoms with E-state index < -0.39 is 0 Å². The molecule has 1 aliphatic heterocycles. The van der Waals surface area contributed by atoms with Crippen LogP contribution in [0.4, 0.5) is 0 Å². The number of hydrogen-bond acceptors (Lipinski definition) is 3. The van der Waals surface area contributed by atoms with E-state index in [0.717, 1.165) is 24.2 Å². The highest BCUT2D eigenvalue weighted by Gasteiger charge is 2.54. The SMILES string of the molecule is COc1c(Cl)cc(C(C)=O)cc1-c1ccc([C@H]2CC23CCNCC3)cc1. The molecule has 1 saturated heterocycles. The van der Waals surface area contributed by atoms with Crippen LogP contribution in [0.1, 0.15) is 48.0 Å². The van der Waals surface area contributed by atoms with E-state index in [0.29, 0.717) is 27.7 Å². The summed E-state index contributed by atoms with van der Waals surface area (Å²) >= 11 is 6.33. The third-order valence-electron chi connectivity index (χ3n) is 6.07. The van der Waals surface area contributed by atoms with Gasteiger partial charge in [-0.3, -0.25) is 4.79 Å². The number of hydrogen-bond donors (Lipinski definition) is 1. The van der Waals surface area contributed by atoms with Gasteiger partial charge in [-0.15, -0.1) is 0 Å². The second-order valence-corrected chi connectivity index (χ2v) is 7.99. The van der Waals surface area contributed by atoms with Crippen molar-refractivity contribution in [2.24, 2.45) is 5.41 Å². The van der Waals surface area contributed by atoms with Gasteiger partial charge in [-0.25, -0.2) is 0 Å². The van der Waals surface area contributed by atoms with Crippen LogP contribution in [0.15, 0.2) is 36.4 Å². The number of halogens is 1. The maximum atomic E-state index is 11.8. The normalized spacial score (nSPS) is 20.8. The van der Waals surface area contributed by atoms with Crippen LogP contribution in [0.5, 0.6) is 5.75 Å². The van der Waals surface area contributed by atoms with Gasteiger partial charge in [0.15, 0.2) is 5.78 Å². The zero-order valence-corrected chi connectivity index (χ0v) is 16.0. The van der Waals surface area contributed by atoms with Crippen LogP contribution >= 0.6 is 11.6 Å². The van der Waals surface area contributed by atoms with Crippen molar-refractivity contribution in [3.05, 3.63) is 52.5 Å². The first kappa shape index (κ1) is 17.6. The zero-order chi connectivity index (χ0) is 18.3. The number of methoxy groups -OCH3 is 1. The quantitative estimate of drug-likeness (QED) is 0.764. The predicted molar refractivity (Wildman–Crippen MR) is 105 cm³/mol. The third kappa shape index (κ3) is 3.04. The molecule has 0 unspecified atom stereocenters. The Kier molecular flexibility index (Phi) is 4.54. The molecule has 0 radical (unpaired) electrons. The second-order valence-electron chi connectivity index (χ2n) is 7.59. The van der Waals surface area contributed by atoms with Gasteiger partial charge in [0.1, 0.15) is 5.75 Å². The first-order valence-electron chi connectivity index (χ1n) is 9.23. The summed E-state index contributed by atoms with van der Waals surface area (Å²) in [6, 6.07) is 12.2. The number of benzene rings is 2. The van der Waals surface area contributed by atoms with E-state index in [-0.39, 0.29) is 5.78 Å². The van der Waals surface area contributed by atoms with Crippen molar-refractivity contribution in [2.45, 2.75) is 32.1 Å². The van der Waals surface area contributed by atoms with E-state index in [4.69, 9.17) is 16.3 Å². The van der Waals surface area contributed by atoms with Gasteiger partial charge in [0.25, 0.3) is 0 Å². The fourth-order valence-corrected chi connectivity index (χ4v) is 4.71. The molecule has 26 heavy (non-hydrogen) atoms. The molecule has 0 amide bonds. The molecular formula is C22H24ClNO2. The van der Waals surface area contributed by atoms with Crippen molar-refractivity contribution in [3.63, 3.8) is 0 Å². The molecular weight excluding hydrogens is 346 g/mol. The molecule has 1 saturated carbocycles. The maximum Gasteiger partial charge on any atom is 0.159 e. The minimum Gasteiger partial charge on any atom is -0.495 e. The molecule has 2 fully saturated rings. The van der Waals surface area contributed by atoms with E-state index >= 15 is 0 Å². The average Bonchev–Trinajstić information content (AvgIpc) is 3.34. The van der Waals surface area contributed by atoms with Crippen molar-refractivity contribution in [2.75, 3.05) is 20.2 Å². The van der Waals surface area contributed by atoms with Gasteiger partial charge in [0, 0.05) is 11.1 Å². The first-order chi connectivity index (χ1) is 12.5. The largest absolute Gasteiger partial charge is 0.495 e. The Balaban J connectivity index is 1.64. The standard InChI is InChI=1S/C22H24ClNO2/c1-14(25)17-11-18(21(26-2)20(23)12-17)15-3-5-16(6-4-15)19-13-22(19)7-9-24-10-8-22/h3-6,11-12,19,24H,7-10,13H2,1-2H3/t19-/m1/s1. The summed E-state index contributed by atoms with van der Waals surface area (Å²) in [4.78, 5) is 11.8. The number of rotatable bonds is 4. The van der Waals surface area contributed by atoms with Crippen LogP contribution in [0.25, 0.3) is 11.1 Å². The van der Waals surface area contributed by atoms with Gasteiger partial charge in [0.05, 0.1) is 12.1 Å². The van der Waals surface area contributed by atoms with E-state index in [1.807, 2.05) is 6.07 Å². The van der Waals surface area contributed by atoms with Crippen LogP contribution in [0.3, 0.4) is 0 Å². The highest BCUT2D eigenvalue weighted by Crippen LogP contribution is 2.64. The first-order valence-corrected chi connectivity index (χ1v) is 9.61. The molecule has 0 bridgehead atoms. The summed E-state index contributed by atoms with van der Waals surface area (Å²) in [7, 11) is 1.61. The lowest BCUT2D eigenvalue weighted by Gasteiger charge is -2.23. The third-order valence-corrected chi connectivity index (χ3v) is 6.35. The van der Waals surface area contributed by atoms with Gasteiger partial charge in [0.2, 0.25) is 0 Å². The predicted octanol–water partition coefficient (Wildman–Crippen LogP) is 5.08. The number of Topliss-reactive ketones (excluding diaryl/α,β-unsaturated/α-hetero) is 1. The number of ketones is 1. The summed E-state index contributed by atoms with van der Waals surface area (Å²) < 4.78 is 5.50. The van der Waals surface area contributed by atoms with Crippen LogP contribution in [0, 0.1) is 5.41 Å². The van der Waals surface area contributed by atoms with Gasteiger partial charge in [-0.2, -0.15) is 0 Å². The zero-order valence-electron chi connectivity index (χ0n) is 15.3. The minimum absolute atomic E-state index is 0.00162. The number of piperidine rings is 1. The van der Waals surface area contributed by atoms with Crippen LogP contribution in [0.2, 0.25) is 5.02 Å². The van der Waals surface area contributed by atoms with Crippen molar-refractivity contribution >= 4 is 17.4 Å². The average molecular weight is 370 g/mol. The Morgan fingerprint density at radius 2 is 1.88 bits per heavy atom. The second kappa shape index (κ2) is 6.71. The Bertz CT molecular complexity index is 838. The Labute approximate surface area is 159 Å². The van der Waals surface area contributed by atoms with E-state index in [2.05, 4.69) is 29.6 Å². The van der Waals surface area contributed by atoms with Gasteiger partial charge in [-0.1, -0.05) is 35.9 Å². The molecule has 1 spiro atoms. The van der Waals surface area contributed by atoms with Gasteiger partial charge >= 0.3 is 0 Å². The lowest BCUT2D eigenvalue weighted by atomic mass is 9.89. The number of carbonyl (C=O) groups excluding carboxylic acids is 1. The monoisotopic (exact) mass is 369 g/mol. The molecule has 1 N–H and O–H groups in total. The summed E-state index contributed by atoms with van der Waals surface area (Å²) in [5.41, 5.74) is 4.44. The molecule has 2 aromatic rings. The van der Waals surface area contributed by atoms with Crippen LogP contribution in [-0.4, -0.2) is 26.0 Å². The maximum absolute atomic E-state index is 11.8. The highest BCUT2D eigenvalue weighted by atomic mass is 35.5. The molecule has 2 aromatic carbocycles.